The Kier molecular flexibility index (Phi) is 5.29. The number of fused-ring (bicyclic) bond motifs is 6. The topological polar surface area (TPSA) is 87.9 Å². The fourth-order valence-corrected chi connectivity index (χ4v) is 5.49. The van der Waals surface area contributed by atoms with Gasteiger partial charge in [-0.1, -0.05) is 12.1 Å². The van der Waals surface area contributed by atoms with Crippen LogP contribution in [0.1, 0.15) is 52.6 Å². The number of amides is 1. The lowest BCUT2D eigenvalue weighted by atomic mass is 9.74. The first-order chi connectivity index (χ1) is 17.8. The third kappa shape index (κ3) is 3.42. The van der Waals surface area contributed by atoms with Crippen LogP contribution in [0.4, 0.5) is 8.78 Å². The molecule has 2 aromatic heterocycles. The van der Waals surface area contributed by atoms with E-state index >= 15 is 4.39 Å². The van der Waals surface area contributed by atoms with Crippen molar-refractivity contribution in [2.75, 3.05) is 18.3 Å². The van der Waals surface area contributed by atoms with Gasteiger partial charge < -0.3 is 14.7 Å². The molecule has 2 aliphatic heterocycles. The third-order valence-corrected chi connectivity index (χ3v) is 7.56. The fourth-order valence-electron chi connectivity index (χ4n) is 5.49. The Morgan fingerprint density at radius 3 is 2.70 bits per heavy atom. The predicted molar refractivity (Wildman–Crippen MR) is 130 cm³/mol. The molecule has 1 unspecified atom stereocenters. The Balaban J connectivity index is 1.69. The number of rotatable bonds is 1. The maximum Gasteiger partial charge on any atom is 0.278 e. The molecule has 1 aliphatic carbocycles. The molecule has 1 spiro atoms. The van der Waals surface area contributed by atoms with Gasteiger partial charge in [-0.25, -0.2) is 4.39 Å². The van der Waals surface area contributed by atoms with Crippen LogP contribution in [0.3, 0.4) is 0 Å². The van der Waals surface area contributed by atoms with Gasteiger partial charge in [0.25, 0.3) is 5.91 Å². The molecule has 1 atom stereocenters. The predicted octanol–water partition coefficient (Wildman–Crippen LogP) is 3.55. The second kappa shape index (κ2) is 8.43. The molecule has 1 N–H and O–H groups in total. The normalized spacial score (nSPS) is 20.8. The van der Waals surface area contributed by atoms with E-state index in [1.54, 1.807) is 28.2 Å². The maximum absolute atomic E-state index is 15.2. The van der Waals surface area contributed by atoms with Crippen molar-refractivity contribution >= 4 is 5.91 Å². The minimum Gasteiger partial charge on any atom is -0.502 e. The molecule has 190 valence electrons. The Morgan fingerprint density at radius 1 is 1.16 bits per heavy atom. The van der Waals surface area contributed by atoms with Crippen LogP contribution in [0.15, 0.2) is 59.7 Å². The highest BCUT2D eigenvalue weighted by Crippen LogP contribution is 2.45. The number of halogens is 2. The fraction of sp³-hybridized carbons (Fsp3) is 0.296. The van der Waals surface area contributed by atoms with Gasteiger partial charge in [-0.3, -0.25) is 24.3 Å². The van der Waals surface area contributed by atoms with Gasteiger partial charge >= 0.3 is 0 Å². The number of aromatic hydroxyl groups is 1. The number of carbonyl (C=O) groups excluding carboxylic acids is 1. The van der Waals surface area contributed by atoms with Gasteiger partial charge in [0.2, 0.25) is 11.2 Å². The summed E-state index contributed by atoms with van der Waals surface area (Å²) in [5.74, 6) is -3.61. The number of aryl methyl sites for hydroxylation is 1. The number of hydrogen-bond acceptors (Lipinski definition) is 6. The van der Waals surface area contributed by atoms with E-state index in [0.717, 1.165) is 24.1 Å². The van der Waals surface area contributed by atoms with Crippen molar-refractivity contribution in [2.24, 2.45) is 0 Å². The van der Waals surface area contributed by atoms with Crippen LogP contribution in [0.5, 0.6) is 11.5 Å². The number of hydrogen-bond donors (Lipinski definition) is 1. The standard InChI is InChI=1S/C27H24F2N4O4/c1-16-5-2-12-30-21(16)22-17-6-7-18(28)20(29)25(17)37-14-4-11-27(9-3-10-27)31-15-33(22)32-13-8-19(34)24(35)23(32)26(31)36/h2,4-8,11-13,22,35H,3,9-10,14-15H2,1H3/b11-4+. The number of aromatic nitrogens is 2. The van der Waals surface area contributed by atoms with Gasteiger partial charge in [-0.05, 0) is 56.0 Å². The number of pyridine rings is 2. The van der Waals surface area contributed by atoms with Crippen molar-refractivity contribution in [2.45, 2.75) is 37.8 Å². The van der Waals surface area contributed by atoms with E-state index in [0.29, 0.717) is 18.5 Å². The number of carbonyl (C=O) groups is 1. The summed E-state index contributed by atoms with van der Waals surface area (Å²) >= 11 is 0. The molecule has 3 aromatic rings. The second-order valence-electron chi connectivity index (χ2n) is 9.59. The molecule has 1 aromatic carbocycles. The SMILES string of the molecule is Cc1cccnc1C1c2ccc(F)c(F)c2OC/C=C/C2(CCC2)N2CN1n1ccc(=O)c(O)c1C2=O. The average Bonchev–Trinajstić information content (AvgIpc) is 2.88. The zero-order valence-corrected chi connectivity index (χ0v) is 20.0. The lowest BCUT2D eigenvalue weighted by molar-refractivity contribution is 0.0255. The molecule has 0 radical (unpaired) electrons. The number of benzene rings is 1. The Morgan fingerprint density at radius 2 is 1.97 bits per heavy atom. The van der Waals surface area contributed by atoms with E-state index in [2.05, 4.69) is 4.98 Å². The minimum absolute atomic E-state index is 0.0393. The zero-order valence-electron chi connectivity index (χ0n) is 20.0. The number of ether oxygens (including phenoxy) is 1. The monoisotopic (exact) mass is 506 g/mol. The van der Waals surface area contributed by atoms with Crippen LogP contribution < -0.4 is 15.2 Å². The van der Waals surface area contributed by atoms with Crippen LogP contribution in [-0.2, 0) is 0 Å². The first-order valence-corrected chi connectivity index (χ1v) is 12.1. The summed E-state index contributed by atoms with van der Waals surface area (Å²) in [5, 5.41) is 12.5. The van der Waals surface area contributed by atoms with Gasteiger partial charge in [0.1, 0.15) is 19.3 Å². The van der Waals surface area contributed by atoms with Crippen molar-refractivity contribution in [3.63, 3.8) is 0 Å². The van der Waals surface area contributed by atoms with Crippen molar-refractivity contribution in [1.29, 1.82) is 0 Å². The van der Waals surface area contributed by atoms with Crippen LogP contribution in [0.2, 0.25) is 0 Å². The lowest BCUT2D eigenvalue weighted by Crippen LogP contribution is -2.64. The summed E-state index contributed by atoms with van der Waals surface area (Å²) in [4.78, 5) is 32.4. The number of nitrogens with zero attached hydrogens (tertiary/aromatic N) is 4. The van der Waals surface area contributed by atoms with Crippen LogP contribution in [-0.4, -0.2) is 44.4 Å². The molecule has 1 fully saturated rings. The molecule has 1 amide bonds. The maximum atomic E-state index is 15.2. The highest BCUT2D eigenvalue weighted by molar-refractivity contribution is 5.97. The van der Waals surface area contributed by atoms with E-state index in [1.807, 2.05) is 19.1 Å². The van der Waals surface area contributed by atoms with E-state index in [-0.39, 0.29) is 30.3 Å². The molecule has 3 aliphatic rings. The van der Waals surface area contributed by atoms with E-state index in [4.69, 9.17) is 4.74 Å². The van der Waals surface area contributed by atoms with Gasteiger partial charge in [-0.2, -0.15) is 4.39 Å². The molecular weight excluding hydrogens is 482 g/mol. The van der Waals surface area contributed by atoms with Crippen molar-refractivity contribution in [3.8, 4) is 11.5 Å². The van der Waals surface area contributed by atoms with Crippen molar-refractivity contribution < 1.29 is 23.4 Å². The molecule has 37 heavy (non-hydrogen) atoms. The van der Waals surface area contributed by atoms with E-state index in [9.17, 15) is 19.1 Å². The Bertz CT molecular complexity index is 1510. The van der Waals surface area contributed by atoms with Gasteiger partial charge in [0.05, 0.1) is 11.2 Å². The smallest absolute Gasteiger partial charge is 0.278 e. The summed E-state index contributed by atoms with van der Waals surface area (Å²) in [5.41, 5.74) is 0.0213. The van der Waals surface area contributed by atoms with Crippen LogP contribution in [0, 0.1) is 18.6 Å². The average molecular weight is 507 g/mol. The third-order valence-electron chi connectivity index (χ3n) is 7.56. The lowest BCUT2D eigenvalue weighted by Gasteiger charge is -2.53. The second-order valence-corrected chi connectivity index (χ2v) is 9.59. The molecule has 4 heterocycles. The van der Waals surface area contributed by atoms with E-state index in [1.165, 1.54) is 16.9 Å². The minimum atomic E-state index is -1.13. The molecule has 0 saturated heterocycles. The summed E-state index contributed by atoms with van der Waals surface area (Å²) in [6, 6.07) is 6.38. The Labute approximate surface area is 211 Å². The largest absolute Gasteiger partial charge is 0.502 e. The summed E-state index contributed by atoms with van der Waals surface area (Å²) in [6.45, 7) is 1.85. The summed E-state index contributed by atoms with van der Waals surface area (Å²) in [7, 11) is 0. The quantitative estimate of drug-likeness (QED) is 0.508. The van der Waals surface area contributed by atoms with Gasteiger partial charge in [0.15, 0.2) is 23.0 Å². The molecule has 10 heteroatoms. The van der Waals surface area contributed by atoms with Gasteiger partial charge in [-0.15, -0.1) is 0 Å². The summed E-state index contributed by atoms with van der Waals surface area (Å²) in [6.07, 6.45) is 8.77. The van der Waals surface area contributed by atoms with Crippen molar-refractivity contribution in [1.82, 2.24) is 14.6 Å². The van der Waals surface area contributed by atoms with Crippen LogP contribution >= 0.6 is 0 Å². The highest BCUT2D eigenvalue weighted by Gasteiger charge is 2.49. The first-order valence-electron chi connectivity index (χ1n) is 12.1. The van der Waals surface area contributed by atoms with Crippen molar-refractivity contribution in [3.05, 3.63) is 99.3 Å². The molecule has 8 nitrogen and oxygen atoms in total. The van der Waals surface area contributed by atoms with Crippen LogP contribution in [0.25, 0.3) is 0 Å². The molecule has 6 rings (SSSR count). The Hall–Kier alpha value is -4.21. The zero-order chi connectivity index (χ0) is 25.9. The van der Waals surface area contributed by atoms with Gasteiger partial charge in [0, 0.05) is 24.0 Å². The molecular formula is C27H24F2N4O4. The highest BCUT2D eigenvalue weighted by atomic mass is 19.2. The van der Waals surface area contributed by atoms with E-state index < -0.39 is 40.3 Å². The molecule has 2 bridgehead atoms. The first kappa shape index (κ1) is 23.2. The summed E-state index contributed by atoms with van der Waals surface area (Å²) < 4.78 is 36.9. The molecule has 1 saturated carbocycles.